The van der Waals surface area contributed by atoms with Crippen LogP contribution in [0.2, 0.25) is 0 Å². The lowest BCUT2D eigenvalue weighted by Gasteiger charge is -2.01. The van der Waals surface area contributed by atoms with Crippen molar-refractivity contribution in [1.29, 1.82) is 0 Å². The van der Waals surface area contributed by atoms with Crippen molar-refractivity contribution in [3.63, 3.8) is 0 Å². The predicted molar refractivity (Wildman–Crippen MR) is 64.7 cm³/mol. The molecule has 0 saturated carbocycles. The third kappa shape index (κ3) is 11.7. The lowest BCUT2D eigenvalue weighted by atomic mass is 10.2. The Bertz CT molecular complexity index is 157. The molecule has 0 radical (unpaired) electrons. The molecule has 14 heavy (non-hydrogen) atoms. The molecule has 0 aliphatic carbocycles. The summed E-state index contributed by atoms with van der Waals surface area (Å²) in [4.78, 5) is 0. The van der Waals surface area contributed by atoms with Gasteiger partial charge < -0.3 is 10.8 Å². The molecule has 0 spiro atoms. The van der Waals surface area contributed by atoms with E-state index in [4.69, 9.17) is 10.8 Å². The van der Waals surface area contributed by atoms with Crippen LogP contribution in [0.1, 0.15) is 32.6 Å². The zero-order valence-corrected chi connectivity index (χ0v) is 9.67. The van der Waals surface area contributed by atoms with Gasteiger partial charge in [0.25, 0.3) is 0 Å². The normalized spacial score (nSPS) is 13.4. The molecule has 3 N–H and O–H groups in total. The first-order chi connectivity index (χ1) is 6.31. The maximum absolute atomic E-state index is 8.64. The Balaban J connectivity index is 0. The first kappa shape index (κ1) is 16.1. The highest BCUT2D eigenvalue weighted by molar-refractivity contribution is 5.85. The van der Waals surface area contributed by atoms with Gasteiger partial charge in [0, 0.05) is 6.04 Å². The van der Waals surface area contributed by atoms with E-state index in [1.165, 1.54) is 0 Å². The average molecular weight is 220 g/mol. The minimum atomic E-state index is -0.0950. The van der Waals surface area contributed by atoms with Gasteiger partial charge in [-0.05, 0) is 25.7 Å². The maximum atomic E-state index is 8.64. The van der Waals surface area contributed by atoms with E-state index in [0.717, 1.165) is 25.7 Å². The van der Waals surface area contributed by atoms with E-state index in [9.17, 15) is 0 Å². The van der Waals surface area contributed by atoms with Crippen molar-refractivity contribution in [2.75, 3.05) is 6.61 Å². The van der Waals surface area contributed by atoms with Gasteiger partial charge in [-0.25, -0.2) is 0 Å². The van der Waals surface area contributed by atoms with Crippen molar-refractivity contribution in [2.24, 2.45) is 5.73 Å². The van der Waals surface area contributed by atoms with E-state index < -0.39 is 0 Å². The fraction of sp³-hybridized carbons (Fsp3) is 0.636. The van der Waals surface area contributed by atoms with E-state index in [2.05, 4.69) is 25.2 Å². The monoisotopic (exact) mass is 219 g/mol. The van der Waals surface area contributed by atoms with Crippen molar-refractivity contribution in [3.8, 4) is 0 Å². The molecule has 2 nitrogen and oxygen atoms in total. The van der Waals surface area contributed by atoms with E-state index in [1.807, 2.05) is 6.08 Å². The largest absolute Gasteiger partial charge is 0.395 e. The molecular formula is C11H22ClNO. The standard InChI is InChI=1S/C11H21NO.ClH/c1-2-3-4-5-6-7-8-9-11(12)10-13;/h3-4,7-8,11,13H,2,5-6,9-10,12H2,1H3;1H/b4-3-,8-7+;. The number of hydrogen-bond acceptors (Lipinski definition) is 2. The number of rotatable bonds is 7. The highest BCUT2D eigenvalue weighted by atomic mass is 35.5. The molecule has 0 heterocycles. The van der Waals surface area contributed by atoms with Gasteiger partial charge in [-0.1, -0.05) is 31.2 Å². The van der Waals surface area contributed by atoms with Crippen LogP contribution in [0.15, 0.2) is 24.3 Å². The third-order valence-corrected chi connectivity index (χ3v) is 1.74. The summed E-state index contributed by atoms with van der Waals surface area (Å²) in [6.07, 6.45) is 12.6. The molecule has 0 aromatic heterocycles. The molecule has 0 aromatic carbocycles. The zero-order valence-electron chi connectivity index (χ0n) is 8.86. The van der Waals surface area contributed by atoms with Crippen molar-refractivity contribution in [3.05, 3.63) is 24.3 Å². The van der Waals surface area contributed by atoms with Crippen LogP contribution in [-0.4, -0.2) is 17.8 Å². The summed E-state index contributed by atoms with van der Waals surface area (Å²) in [7, 11) is 0. The Labute approximate surface area is 93.3 Å². The molecular weight excluding hydrogens is 198 g/mol. The van der Waals surface area contributed by atoms with Gasteiger partial charge in [-0.3, -0.25) is 0 Å². The van der Waals surface area contributed by atoms with E-state index in [0.29, 0.717) is 0 Å². The van der Waals surface area contributed by atoms with Crippen LogP contribution < -0.4 is 5.73 Å². The number of aliphatic hydroxyl groups is 1. The minimum Gasteiger partial charge on any atom is -0.395 e. The molecule has 0 fully saturated rings. The van der Waals surface area contributed by atoms with Crippen molar-refractivity contribution < 1.29 is 5.11 Å². The van der Waals surface area contributed by atoms with Gasteiger partial charge in [-0.15, -0.1) is 12.4 Å². The maximum Gasteiger partial charge on any atom is 0.0585 e. The van der Waals surface area contributed by atoms with Gasteiger partial charge in [0.15, 0.2) is 0 Å². The van der Waals surface area contributed by atoms with Crippen LogP contribution in [0.5, 0.6) is 0 Å². The molecule has 0 aliphatic heterocycles. The molecule has 0 rings (SSSR count). The highest BCUT2D eigenvalue weighted by Crippen LogP contribution is 1.96. The zero-order chi connectivity index (χ0) is 9.94. The smallest absolute Gasteiger partial charge is 0.0585 e. The first-order valence-electron chi connectivity index (χ1n) is 4.97. The number of nitrogens with two attached hydrogens (primary N) is 1. The van der Waals surface area contributed by atoms with Gasteiger partial charge in [-0.2, -0.15) is 0 Å². The number of halogens is 1. The molecule has 1 unspecified atom stereocenters. The second-order valence-electron chi connectivity index (χ2n) is 3.11. The van der Waals surface area contributed by atoms with Crippen molar-refractivity contribution >= 4 is 12.4 Å². The van der Waals surface area contributed by atoms with Crippen molar-refractivity contribution in [2.45, 2.75) is 38.6 Å². The lowest BCUT2D eigenvalue weighted by molar-refractivity contribution is 0.266. The fourth-order valence-corrected chi connectivity index (χ4v) is 0.940. The molecule has 3 heteroatoms. The number of unbranched alkanes of at least 4 members (excludes halogenated alkanes) is 1. The summed E-state index contributed by atoms with van der Waals surface area (Å²) >= 11 is 0. The summed E-state index contributed by atoms with van der Waals surface area (Å²) in [5.74, 6) is 0. The second-order valence-corrected chi connectivity index (χ2v) is 3.11. The number of allylic oxidation sites excluding steroid dienone is 3. The van der Waals surface area contributed by atoms with Gasteiger partial charge >= 0.3 is 0 Å². The number of aliphatic hydroxyl groups excluding tert-OH is 1. The van der Waals surface area contributed by atoms with Crippen LogP contribution in [0.4, 0.5) is 0 Å². The minimum absolute atomic E-state index is 0. The van der Waals surface area contributed by atoms with Crippen LogP contribution in [0.25, 0.3) is 0 Å². The number of hydrogen-bond donors (Lipinski definition) is 2. The summed E-state index contributed by atoms with van der Waals surface area (Å²) < 4.78 is 0. The fourth-order valence-electron chi connectivity index (χ4n) is 0.940. The van der Waals surface area contributed by atoms with Gasteiger partial charge in [0.1, 0.15) is 0 Å². The first-order valence-corrected chi connectivity index (χ1v) is 4.97. The van der Waals surface area contributed by atoms with E-state index in [1.54, 1.807) is 0 Å². The highest BCUT2D eigenvalue weighted by Gasteiger charge is 1.93. The average Bonchev–Trinajstić information content (AvgIpc) is 2.16. The van der Waals surface area contributed by atoms with Crippen LogP contribution in [0.3, 0.4) is 0 Å². The quantitative estimate of drug-likeness (QED) is 0.510. The Kier molecular flexibility index (Phi) is 14.6. The second kappa shape index (κ2) is 12.7. The van der Waals surface area contributed by atoms with Crippen LogP contribution >= 0.6 is 12.4 Å². The Hall–Kier alpha value is -0.310. The summed E-state index contributed by atoms with van der Waals surface area (Å²) in [6, 6.07) is -0.0950. The molecule has 0 aliphatic rings. The van der Waals surface area contributed by atoms with E-state index in [-0.39, 0.29) is 25.1 Å². The summed E-state index contributed by atoms with van der Waals surface area (Å²) in [6.45, 7) is 2.20. The van der Waals surface area contributed by atoms with Gasteiger partial charge in [0.2, 0.25) is 0 Å². The molecule has 0 saturated heterocycles. The molecule has 0 amide bonds. The lowest BCUT2D eigenvalue weighted by Crippen LogP contribution is -2.22. The van der Waals surface area contributed by atoms with Crippen molar-refractivity contribution in [1.82, 2.24) is 0 Å². The van der Waals surface area contributed by atoms with Crippen LogP contribution in [-0.2, 0) is 0 Å². The Morgan fingerprint density at radius 3 is 2.21 bits per heavy atom. The summed E-state index contributed by atoms with van der Waals surface area (Å²) in [5.41, 5.74) is 5.52. The van der Waals surface area contributed by atoms with E-state index >= 15 is 0 Å². The van der Waals surface area contributed by atoms with Gasteiger partial charge in [0.05, 0.1) is 6.61 Å². The topological polar surface area (TPSA) is 46.2 Å². The predicted octanol–water partition coefficient (Wildman–Crippen LogP) is 2.42. The molecule has 0 aromatic rings. The Morgan fingerprint density at radius 1 is 1.14 bits per heavy atom. The van der Waals surface area contributed by atoms with Crippen LogP contribution in [0, 0.1) is 0 Å². The molecule has 1 atom stereocenters. The molecule has 0 bridgehead atoms. The summed E-state index contributed by atoms with van der Waals surface area (Å²) in [5, 5.41) is 8.64. The third-order valence-electron chi connectivity index (χ3n) is 1.74. The Morgan fingerprint density at radius 2 is 1.71 bits per heavy atom. The molecule has 84 valence electrons. The SMILES string of the molecule is CC/C=C\CC/C=C/CC(N)CO.Cl.